The molecule has 5 nitrogen and oxygen atoms in total. The average molecular weight is 338 g/mol. The quantitative estimate of drug-likeness (QED) is 0.811. The van der Waals surface area contributed by atoms with E-state index in [-0.39, 0.29) is 5.91 Å². The van der Waals surface area contributed by atoms with Crippen molar-refractivity contribution in [2.45, 2.75) is 58.4 Å². The summed E-state index contributed by atoms with van der Waals surface area (Å²) in [4.78, 5) is 12.7. The van der Waals surface area contributed by atoms with E-state index in [0.717, 1.165) is 22.6 Å². The van der Waals surface area contributed by atoms with Crippen LogP contribution in [0.1, 0.15) is 74.0 Å². The van der Waals surface area contributed by atoms with Crippen LogP contribution in [0.3, 0.4) is 0 Å². The Bertz CT molecular complexity index is 723. The molecule has 0 unspecified atom stereocenters. The molecule has 25 heavy (non-hydrogen) atoms. The molecule has 1 amide bonds. The number of aromatic nitrogens is 2. The van der Waals surface area contributed by atoms with Crippen LogP contribution in [0.15, 0.2) is 30.3 Å². The number of hydrogen-bond donors (Lipinski definition) is 2. The number of anilines is 2. The Balaban J connectivity index is 1.82. The van der Waals surface area contributed by atoms with Crippen LogP contribution in [0.25, 0.3) is 0 Å². The van der Waals surface area contributed by atoms with Crippen LogP contribution in [0.4, 0.5) is 11.5 Å². The lowest BCUT2D eigenvalue weighted by molar-refractivity contribution is 0.102. The molecule has 132 valence electrons. The molecule has 2 N–H and O–H groups in total. The predicted molar refractivity (Wildman–Crippen MR) is 101 cm³/mol. The van der Waals surface area contributed by atoms with Gasteiger partial charge in [0.1, 0.15) is 5.82 Å². The van der Waals surface area contributed by atoms with Crippen LogP contribution in [0, 0.1) is 0 Å². The molecule has 0 saturated heterocycles. The zero-order valence-corrected chi connectivity index (χ0v) is 15.3. The molecule has 3 rings (SSSR count). The molecule has 1 aromatic carbocycles. The van der Waals surface area contributed by atoms with Crippen LogP contribution in [0.5, 0.6) is 0 Å². The maximum absolute atomic E-state index is 12.7. The van der Waals surface area contributed by atoms with Crippen molar-refractivity contribution in [3.63, 3.8) is 0 Å². The first-order valence-corrected chi connectivity index (χ1v) is 9.00. The molecule has 2 aromatic rings. The van der Waals surface area contributed by atoms with Crippen LogP contribution in [0.2, 0.25) is 0 Å². The second-order valence-electron chi connectivity index (χ2n) is 7.30. The van der Waals surface area contributed by atoms with Gasteiger partial charge in [-0.1, -0.05) is 45.9 Å². The fraction of sp³-hybridized carbons (Fsp3) is 0.450. The van der Waals surface area contributed by atoms with Crippen molar-refractivity contribution in [2.24, 2.45) is 0 Å². The number of benzene rings is 1. The van der Waals surface area contributed by atoms with Crippen molar-refractivity contribution in [1.82, 2.24) is 10.2 Å². The summed E-state index contributed by atoms with van der Waals surface area (Å²) in [5, 5.41) is 14.5. The third-order valence-corrected chi connectivity index (χ3v) is 4.44. The first-order chi connectivity index (χ1) is 12.0. The lowest BCUT2D eigenvalue weighted by atomic mass is 9.92. The van der Waals surface area contributed by atoms with Gasteiger partial charge in [-0.05, 0) is 47.9 Å². The number of carbonyl (C=O) groups excluding carboxylic acids is 1. The molecule has 1 aliphatic rings. The lowest BCUT2D eigenvalue weighted by Gasteiger charge is -2.20. The molecule has 1 saturated carbocycles. The number of carbonyl (C=O) groups is 1. The monoisotopic (exact) mass is 338 g/mol. The summed E-state index contributed by atoms with van der Waals surface area (Å²) >= 11 is 0. The third kappa shape index (κ3) is 4.16. The first-order valence-electron chi connectivity index (χ1n) is 9.00. The Hall–Kier alpha value is -2.43. The van der Waals surface area contributed by atoms with Crippen molar-refractivity contribution in [2.75, 3.05) is 10.6 Å². The van der Waals surface area contributed by atoms with E-state index < -0.39 is 0 Å². The van der Waals surface area contributed by atoms with Crippen molar-refractivity contribution in [3.8, 4) is 0 Å². The normalized spacial score (nSPS) is 14.0. The summed E-state index contributed by atoms with van der Waals surface area (Å²) in [5.74, 6) is 1.15. The largest absolute Gasteiger partial charge is 0.366 e. The van der Waals surface area contributed by atoms with E-state index in [1.165, 1.54) is 12.8 Å². The molecule has 0 spiro atoms. The first kappa shape index (κ1) is 17.4. The zero-order valence-electron chi connectivity index (χ0n) is 15.3. The van der Waals surface area contributed by atoms with E-state index in [1.807, 2.05) is 6.07 Å². The minimum atomic E-state index is -0.222. The molecule has 1 aliphatic carbocycles. The second-order valence-corrected chi connectivity index (χ2v) is 7.30. The van der Waals surface area contributed by atoms with Gasteiger partial charge in [-0.25, -0.2) is 0 Å². The lowest BCUT2D eigenvalue weighted by Crippen LogP contribution is -2.18. The van der Waals surface area contributed by atoms with E-state index in [1.54, 1.807) is 6.07 Å². The predicted octanol–water partition coefficient (Wildman–Crippen LogP) is 4.55. The summed E-state index contributed by atoms with van der Waals surface area (Å²) in [6, 6.07) is 10.2. The SMILES string of the molecule is CC(C)c1cccc(C(C)C)c1NC(=O)c1ccc(NC2CC2)nn1. The van der Waals surface area contributed by atoms with Gasteiger partial charge in [-0.15, -0.1) is 10.2 Å². The Morgan fingerprint density at radius 1 is 1.00 bits per heavy atom. The fourth-order valence-corrected chi connectivity index (χ4v) is 2.84. The molecule has 5 heteroatoms. The smallest absolute Gasteiger partial charge is 0.276 e. The summed E-state index contributed by atoms with van der Waals surface area (Å²) in [7, 11) is 0. The second kappa shape index (κ2) is 7.21. The van der Waals surface area contributed by atoms with Gasteiger partial charge in [0.2, 0.25) is 0 Å². The highest BCUT2D eigenvalue weighted by Crippen LogP contribution is 2.32. The number of para-hydroxylation sites is 1. The third-order valence-electron chi connectivity index (χ3n) is 4.44. The van der Waals surface area contributed by atoms with Gasteiger partial charge in [0.25, 0.3) is 5.91 Å². The molecule has 1 aromatic heterocycles. The van der Waals surface area contributed by atoms with Crippen molar-refractivity contribution >= 4 is 17.4 Å². The topological polar surface area (TPSA) is 66.9 Å². The highest BCUT2D eigenvalue weighted by molar-refractivity contribution is 6.03. The Kier molecular flexibility index (Phi) is 5.02. The average Bonchev–Trinajstić information content (AvgIpc) is 3.39. The van der Waals surface area contributed by atoms with Gasteiger partial charge in [-0.2, -0.15) is 0 Å². The van der Waals surface area contributed by atoms with Gasteiger partial charge in [0.15, 0.2) is 5.69 Å². The van der Waals surface area contributed by atoms with Gasteiger partial charge in [-0.3, -0.25) is 4.79 Å². The highest BCUT2D eigenvalue weighted by atomic mass is 16.1. The number of hydrogen-bond acceptors (Lipinski definition) is 4. The van der Waals surface area contributed by atoms with Gasteiger partial charge in [0, 0.05) is 11.7 Å². The number of nitrogens with one attached hydrogen (secondary N) is 2. The molecule has 0 bridgehead atoms. The van der Waals surface area contributed by atoms with E-state index in [0.29, 0.717) is 23.6 Å². The van der Waals surface area contributed by atoms with E-state index >= 15 is 0 Å². The Morgan fingerprint density at radius 2 is 1.64 bits per heavy atom. The highest BCUT2D eigenvalue weighted by Gasteiger charge is 2.22. The summed E-state index contributed by atoms with van der Waals surface area (Å²) < 4.78 is 0. The molecule has 0 radical (unpaired) electrons. The summed E-state index contributed by atoms with van der Waals surface area (Å²) in [6.45, 7) is 8.53. The van der Waals surface area contributed by atoms with Crippen molar-refractivity contribution in [1.29, 1.82) is 0 Å². The van der Waals surface area contributed by atoms with E-state index in [9.17, 15) is 4.79 Å². The standard InChI is InChI=1S/C20H26N4O/c1-12(2)15-6-5-7-16(13(3)4)19(15)22-20(25)17-10-11-18(24-23-17)21-14-8-9-14/h5-7,10-14H,8-9H2,1-4H3,(H,21,24)(H,22,25). The van der Waals surface area contributed by atoms with Crippen LogP contribution in [-0.4, -0.2) is 22.1 Å². The van der Waals surface area contributed by atoms with E-state index in [2.05, 4.69) is 66.7 Å². The van der Waals surface area contributed by atoms with E-state index in [4.69, 9.17) is 0 Å². The molecule has 0 atom stereocenters. The fourth-order valence-electron chi connectivity index (χ4n) is 2.84. The minimum Gasteiger partial charge on any atom is -0.366 e. The molecule has 1 heterocycles. The number of nitrogens with zero attached hydrogens (tertiary/aromatic N) is 2. The van der Waals surface area contributed by atoms with Crippen LogP contribution in [-0.2, 0) is 0 Å². The zero-order chi connectivity index (χ0) is 18.0. The Morgan fingerprint density at radius 3 is 2.12 bits per heavy atom. The molecular formula is C20H26N4O. The summed E-state index contributed by atoms with van der Waals surface area (Å²) in [5.41, 5.74) is 3.51. The molecule has 1 fully saturated rings. The van der Waals surface area contributed by atoms with Crippen LogP contribution < -0.4 is 10.6 Å². The Labute approximate surface area is 149 Å². The maximum atomic E-state index is 12.7. The van der Waals surface area contributed by atoms with Crippen LogP contribution >= 0.6 is 0 Å². The minimum absolute atomic E-state index is 0.222. The maximum Gasteiger partial charge on any atom is 0.276 e. The van der Waals surface area contributed by atoms with Gasteiger partial charge >= 0.3 is 0 Å². The van der Waals surface area contributed by atoms with Crippen molar-refractivity contribution in [3.05, 3.63) is 47.2 Å². The number of amides is 1. The van der Waals surface area contributed by atoms with Crippen molar-refractivity contribution < 1.29 is 4.79 Å². The summed E-state index contributed by atoms with van der Waals surface area (Å²) in [6.07, 6.45) is 2.35. The van der Waals surface area contributed by atoms with Gasteiger partial charge < -0.3 is 10.6 Å². The van der Waals surface area contributed by atoms with Gasteiger partial charge in [0.05, 0.1) is 0 Å². The number of rotatable bonds is 6. The molecule has 0 aliphatic heterocycles. The molecular weight excluding hydrogens is 312 g/mol.